The lowest BCUT2D eigenvalue weighted by Crippen LogP contribution is -2.35. The highest BCUT2D eigenvalue weighted by molar-refractivity contribution is 5.21. The molecule has 88 valence electrons. The Morgan fingerprint density at radius 2 is 1.88 bits per heavy atom. The summed E-state index contributed by atoms with van der Waals surface area (Å²) in [5.74, 6) is 1.39. The summed E-state index contributed by atoms with van der Waals surface area (Å²) >= 11 is 0. The molecule has 0 aromatic heterocycles. The minimum Gasteiger partial charge on any atom is -0.327 e. The second kappa shape index (κ2) is 5.49. The Hall–Kier alpha value is -0.820. The van der Waals surface area contributed by atoms with E-state index in [0.29, 0.717) is 17.9 Å². The van der Waals surface area contributed by atoms with Crippen molar-refractivity contribution in [3.63, 3.8) is 0 Å². The maximum atomic E-state index is 6.28. The average Bonchev–Trinajstić information content (AvgIpc) is 2.39. The molecular weight excluding hydrogens is 194 g/mol. The van der Waals surface area contributed by atoms with Crippen LogP contribution in [0.15, 0.2) is 30.3 Å². The fraction of sp³-hybridized carbons (Fsp3) is 0.600. The Morgan fingerprint density at radius 1 is 1.19 bits per heavy atom. The van der Waals surface area contributed by atoms with Gasteiger partial charge >= 0.3 is 0 Å². The van der Waals surface area contributed by atoms with Crippen molar-refractivity contribution in [2.24, 2.45) is 11.7 Å². The van der Waals surface area contributed by atoms with Crippen LogP contribution in [-0.4, -0.2) is 6.04 Å². The molecule has 0 aliphatic heterocycles. The second-order valence-electron chi connectivity index (χ2n) is 5.04. The molecule has 0 spiro atoms. The molecule has 16 heavy (non-hydrogen) atoms. The standard InChI is InChI=1S/C15H23N/c1-2-15(16)14-11-7-6-10-13(14)12-8-4-3-5-9-12/h3-5,8-9,13-15H,2,6-7,10-11,16H2,1H3. The maximum absolute atomic E-state index is 6.28. The van der Waals surface area contributed by atoms with E-state index >= 15 is 0 Å². The van der Waals surface area contributed by atoms with Crippen LogP contribution in [0.4, 0.5) is 0 Å². The summed E-state index contributed by atoms with van der Waals surface area (Å²) in [5, 5.41) is 0. The molecule has 1 saturated carbocycles. The molecule has 1 aliphatic carbocycles. The predicted octanol–water partition coefficient (Wildman–Crippen LogP) is 3.70. The van der Waals surface area contributed by atoms with Crippen molar-refractivity contribution in [1.82, 2.24) is 0 Å². The molecule has 3 atom stereocenters. The van der Waals surface area contributed by atoms with Crippen molar-refractivity contribution in [2.75, 3.05) is 0 Å². The van der Waals surface area contributed by atoms with Gasteiger partial charge in [-0.3, -0.25) is 0 Å². The molecule has 1 aromatic rings. The van der Waals surface area contributed by atoms with E-state index in [0.717, 1.165) is 6.42 Å². The first-order valence-electron chi connectivity index (χ1n) is 6.63. The summed E-state index contributed by atoms with van der Waals surface area (Å²) < 4.78 is 0. The predicted molar refractivity (Wildman–Crippen MR) is 69.4 cm³/mol. The van der Waals surface area contributed by atoms with E-state index in [1.54, 1.807) is 0 Å². The minimum atomic E-state index is 0.380. The molecule has 1 aliphatic rings. The van der Waals surface area contributed by atoms with Crippen molar-refractivity contribution in [3.05, 3.63) is 35.9 Å². The summed E-state index contributed by atoms with van der Waals surface area (Å²) in [6.45, 7) is 2.21. The first-order valence-corrected chi connectivity index (χ1v) is 6.63. The summed E-state index contributed by atoms with van der Waals surface area (Å²) in [4.78, 5) is 0. The third-order valence-electron chi connectivity index (χ3n) is 4.07. The van der Waals surface area contributed by atoms with Crippen molar-refractivity contribution < 1.29 is 0 Å². The summed E-state index contributed by atoms with van der Waals surface area (Å²) in [5.41, 5.74) is 7.77. The van der Waals surface area contributed by atoms with E-state index < -0.39 is 0 Å². The van der Waals surface area contributed by atoms with E-state index in [2.05, 4.69) is 37.3 Å². The molecule has 0 bridgehead atoms. The summed E-state index contributed by atoms with van der Waals surface area (Å²) in [6, 6.07) is 11.3. The molecule has 1 aromatic carbocycles. The Labute approximate surface area is 99.0 Å². The lowest BCUT2D eigenvalue weighted by atomic mass is 9.72. The van der Waals surface area contributed by atoms with Crippen LogP contribution in [0.2, 0.25) is 0 Å². The van der Waals surface area contributed by atoms with Crippen LogP contribution in [-0.2, 0) is 0 Å². The van der Waals surface area contributed by atoms with Gasteiger partial charge in [-0.1, -0.05) is 50.1 Å². The van der Waals surface area contributed by atoms with Gasteiger partial charge in [0.25, 0.3) is 0 Å². The van der Waals surface area contributed by atoms with E-state index in [1.807, 2.05) is 0 Å². The Kier molecular flexibility index (Phi) is 4.00. The molecule has 1 heteroatoms. The molecule has 1 fully saturated rings. The fourth-order valence-electron chi connectivity index (χ4n) is 3.09. The van der Waals surface area contributed by atoms with Crippen LogP contribution < -0.4 is 5.73 Å². The summed E-state index contributed by atoms with van der Waals surface area (Å²) in [6.07, 6.45) is 6.47. The number of benzene rings is 1. The zero-order valence-corrected chi connectivity index (χ0v) is 10.2. The van der Waals surface area contributed by atoms with Crippen LogP contribution in [0.25, 0.3) is 0 Å². The number of hydrogen-bond donors (Lipinski definition) is 1. The van der Waals surface area contributed by atoms with Gasteiger partial charge in [0, 0.05) is 6.04 Å². The van der Waals surface area contributed by atoms with E-state index in [1.165, 1.54) is 31.2 Å². The van der Waals surface area contributed by atoms with Gasteiger partial charge in [0.15, 0.2) is 0 Å². The van der Waals surface area contributed by atoms with Gasteiger partial charge in [-0.05, 0) is 36.7 Å². The van der Waals surface area contributed by atoms with Gasteiger partial charge in [0.2, 0.25) is 0 Å². The third-order valence-corrected chi connectivity index (χ3v) is 4.07. The van der Waals surface area contributed by atoms with Gasteiger partial charge in [0.1, 0.15) is 0 Å². The fourth-order valence-corrected chi connectivity index (χ4v) is 3.09. The summed E-state index contributed by atoms with van der Waals surface area (Å²) in [7, 11) is 0. The largest absolute Gasteiger partial charge is 0.327 e. The van der Waals surface area contributed by atoms with Crippen molar-refractivity contribution in [1.29, 1.82) is 0 Å². The normalized spacial score (nSPS) is 27.6. The molecule has 2 rings (SSSR count). The minimum absolute atomic E-state index is 0.380. The van der Waals surface area contributed by atoms with Gasteiger partial charge < -0.3 is 5.73 Å². The first-order chi connectivity index (χ1) is 7.83. The molecule has 2 N–H and O–H groups in total. The molecule has 3 unspecified atom stereocenters. The van der Waals surface area contributed by atoms with Gasteiger partial charge in [-0.25, -0.2) is 0 Å². The number of hydrogen-bond acceptors (Lipinski definition) is 1. The lowest BCUT2D eigenvalue weighted by molar-refractivity contribution is 0.258. The van der Waals surface area contributed by atoms with Crippen molar-refractivity contribution >= 4 is 0 Å². The molecule has 0 amide bonds. The molecule has 0 heterocycles. The monoisotopic (exact) mass is 217 g/mol. The smallest absolute Gasteiger partial charge is 0.00703 e. The van der Waals surface area contributed by atoms with Gasteiger partial charge in [0.05, 0.1) is 0 Å². The Bertz CT molecular complexity index is 306. The van der Waals surface area contributed by atoms with Crippen molar-refractivity contribution in [3.8, 4) is 0 Å². The topological polar surface area (TPSA) is 26.0 Å². The van der Waals surface area contributed by atoms with Gasteiger partial charge in [-0.15, -0.1) is 0 Å². The zero-order valence-electron chi connectivity index (χ0n) is 10.2. The van der Waals surface area contributed by atoms with Crippen LogP contribution >= 0.6 is 0 Å². The first kappa shape index (κ1) is 11.7. The van der Waals surface area contributed by atoms with Crippen LogP contribution in [0, 0.1) is 5.92 Å². The highest BCUT2D eigenvalue weighted by Gasteiger charge is 2.29. The van der Waals surface area contributed by atoms with Gasteiger partial charge in [-0.2, -0.15) is 0 Å². The Morgan fingerprint density at radius 3 is 2.56 bits per heavy atom. The van der Waals surface area contributed by atoms with Crippen LogP contribution in [0.3, 0.4) is 0 Å². The molecule has 0 radical (unpaired) electrons. The third kappa shape index (κ3) is 2.46. The Balaban J connectivity index is 2.16. The number of nitrogens with two attached hydrogens (primary N) is 1. The molecular formula is C15H23N. The van der Waals surface area contributed by atoms with Crippen molar-refractivity contribution in [2.45, 2.75) is 51.0 Å². The number of rotatable bonds is 3. The quantitative estimate of drug-likeness (QED) is 0.821. The highest BCUT2D eigenvalue weighted by Crippen LogP contribution is 2.39. The highest BCUT2D eigenvalue weighted by atomic mass is 14.7. The maximum Gasteiger partial charge on any atom is 0.00703 e. The van der Waals surface area contributed by atoms with E-state index in [4.69, 9.17) is 5.73 Å². The average molecular weight is 217 g/mol. The zero-order chi connectivity index (χ0) is 11.4. The SMILES string of the molecule is CCC(N)C1CCCCC1c1ccccc1. The van der Waals surface area contributed by atoms with E-state index in [-0.39, 0.29) is 0 Å². The molecule has 1 nitrogen and oxygen atoms in total. The van der Waals surface area contributed by atoms with Crippen LogP contribution in [0.5, 0.6) is 0 Å². The van der Waals surface area contributed by atoms with Crippen LogP contribution in [0.1, 0.15) is 50.5 Å². The lowest BCUT2D eigenvalue weighted by Gasteiger charge is -2.35. The van der Waals surface area contributed by atoms with E-state index in [9.17, 15) is 0 Å². The second-order valence-corrected chi connectivity index (χ2v) is 5.04. The molecule has 0 saturated heterocycles.